The summed E-state index contributed by atoms with van der Waals surface area (Å²) in [6.45, 7) is 0. The summed E-state index contributed by atoms with van der Waals surface area (Å²) in [7, 11) is 0.127. The molecule has 0 aliphatic heterocycles. The summed E-state index contributed by atoms with van der Waals surface area (Å²) in [5.74, 6) is 0.336. The van der Waals surface area contributed by atoms with E-state index in [2.05, 4.69) is 19.1 Å². The van der Waals surface area contributed by atoms with Gasteiger partial charge in [-0.05, 0) is 59.0 Å². The van der Waals surface area contributed by atoms with Gasteiger partial charge in [0.2, 0.25) is 5.13 Å². The first-order valence-corrected chi connectivity index (χ1v) is 11.8. The number of hydrogen-bond acceptors (Lipinski definition) is 6. The van der Waals surface area contributed by atoms with Gasteiger partial charge >= 0.3 is 0 Å². The molecular formula is C24H17FN4O2S2. The Kier molecular flexibility index (Phi) is 5.80. The van der Waals surface area contributed by atoms with Crippen molar-refractivity contribution in [1.29, 1.82) is 0 Å². The number of pyridine rings is 1. The molecule has 0 bridgehead atoms. The molecule has 3 aromatic carbocycles. The fraction of sp³-hybridized carbons (Fsp3) is 0.0417. The lowest BCUT2D eigenvalue weighted by Crippen LogP contribution is -2.04. The Morgan fingerprint density at radius 2 is 1.88 bits per heavy atom. The van der Waals surface area contributed by atoms with Crippen LogP contribution in [0.15, 0.2) is 84.1 Å². The van der Waals surface area contributed by atoms with Gasteiger partial charge in [-0.1, -0.05) is 24.3 Å². The van der Waals surface area contributed by atoms with Crippen molar-refractivity contribution in [3.63, 3.8) is 0 Å². The summed E-state index contributed by atoms with van der Waals surface area (Å²) in [6, 6.07) is 19.6. The second-order valence-corrected chi connectivity index (χ2v) is 9.08. The Bertz CT molecular complexity index is 1480. The van der Waals surface area contributed by atoms with Gasteiger partial charge in [0.15, 0.2) is 11.0 Å². The van der Waals surface area contributed by atoms with E-state index < -0.39 is 11.0 Å². The Labute approximate surface area is 195 Å². The van der Waals surface area contributed by atoms with Gasteiger partial charge in [0, 0.05) is 28.7 Å². The van der Waals surface area contributed by atoms with Gasteiger partial charge in [0.05, 0.1) is 17.7 Å². The quantitative estimate of drug-likeness (QED) is 0.340. The molecule has 1 atom stereocenters. The molecule has 0 saturated heterocycles. The number of anilines is 1. The lowest BCUT2D eigenvalue weighted by Gasteiger charge is -2.13. The fourth-order valence-electron chi connectivity index (χ4n) is 3.58. The fourth-order valence-corrected chi connectivity index (χ4v) is 5.00. The predicted molar refractivity (Wildman–Crippen MR) is 129 cm³/mol. The van der Waals surface area contributed by atoms with Crippen molar-refractivity contribution in [2.75, 3.05) is 11.8 Å². The van der Waals surface area contributed by atoms with E-state index >= 15 is 0 Å². The molecule has 6 nitrogen and oxygen atoms in total. The van der Waals surface area contributed by atoms with Crippen LogP contribution in [0, 0.1) is 5.82 Å². The highest BCUT2D eigenvalue weighted by molar-refractivity contribution is 7.86. The van der Waals surface area contributed by atoms with Crippen LogP contribution in [0.3, 0.4) is 0 Å². The van der Waals surface area contributed by atoms with Crippen molar-refractivity contribution >= 4 is 38.4 Å². The van der Waals surface area contributed by atoms with E-state index in [0.29, 0.717) is 15.8 Å². The number of halogens is 1. The number of fused-ring (bicyclic) bond motifs is 1. The predicted octanol–water partition coefficient (Wildman–Crippen LogP) is 5.70. The molecule has 33 heavy (non-hydrogen) atoms. The minimum atomic E-state index is -1.47. The molecule has 1 unspecified atom stereocenters. The zero-order valence-corrected chi connectivity index (χ0v) is 19.0. The highest BCUT2D eigenvalue weighted by atomic mass is 32.2. The number of hydrogen-bond donors (Lipinski definition) is 1. The maximum atomic E-state index is 13.7. The average molecular weight is 477 g/mol. The van der Waals surface area contributed by atoms with Crippen LogP contribution >= 0.6 is 11.5 Å². The van der Waals surface area contributed by atoms with Gasteiger partial charge in [-0.15, -0.1) is 0 Å². The van der Waals surface area contributed by atoms with Crippen LogP contribution in [0.25, 0.3) is 33.2 Å². The van der Waals surface area contributed by atoms with Crippen LogP contribution in [0.4, 0.5) is 9.52 Å². The summed E-state index contributed by atoms with van der Waals surface area (Å²) in [6.07, 6.45) is 3.12. The molecule has 0 radical (unpaired) electrons. The molecular weight excluding hydrogens is 459 g/mol. The first-order valence-electron chi connectivity index (χ1n) is 9.90. The number of benzene rings is 3. The van der Waals surface area contributed by atoms with Gasteiger partial charge < -0.3 is 4.74 Å². The monoisotopic (exact) mass is 476 g/mol. The standard InChI is InChI=1S/C24H17FN4O2S2/c1-31-22-13-16(15-3-2-4-18(25)11-15)5-7-21(22)23-20-8-6-19(12-17(20)9-10-26-23)33(30)29-24-27-14-28-32-24/h2-14H,1H3,(H,27,28,29). The number of aromatic nitrogens is 3. The molecule has 2 aromatic heterocycles. The number of nitrogens with zero attached hydrogens (tertiary/aromatic N) is 3. The lowest BCUT2D eigenvalue weighted by molar-refractivity contribution is 0.416. The van der Waals surface area contributed by atoms with E-state index in [1.54, 1.807) is 25.4 Å². The first kappa shape index (κ1) is 21.2. The maximum absolute atomic E-state index is 13.7. The second-order valence-electron chi connectivity index (χ2n) is 7.09. The van der Waals surface area contributed by atoms with Crippen LogP contribution in [-0.2, 0) is 11.0 Å². The molecule has 0 fully saturated rings. The third-order valence-electron chi connectivity index (χ3n) is 5.11. The Hall–Kier alpha value is -3.69. The third-order valence-corrected chi connectivity index (χ3v) is 6.88. The average Bonchev–Trinajstić information content (AvgIpc) is 3.36. The number of rotatable bonds is 6. The Balaban J connectivity index is 1.53. The van der Waals surface area contributed by atoms with Crippen LogP contribution in [-0.4, -0.2) is 25.7 Å². The lowest BCUT2D eigenvalue weighted by atomic mass is 9.99. The van der Waals surface area contributed by atoms with Crippen molar-refractivity contribution in [1.82, 2.24) is 14.3 Å². The summed E-state index contributed by atoms with van der Waals surface area (Å²) >= 11 is 1.14. The van der Waals surface area contributed by atoms with Gasteiger partial charge in [-0.3, -0.25) is 9.71 Å². The molecule has 9 heteroatoms. The van der Waals surface area contributed by atoms with Crippen molar-refractivity contribution in [3.8, 4) is 28.1 Å². The molecule has 0 spiro atoms. The van der Waals surface area contributed by atoms with Crippen molar-refractivity contribution in [3.05, 3.63) is 85.1 Å². The summed E-state index contributed by atoms with van der Waals surface area (Å²) < 4.78 is 38.8. The number of ether oxygens (including phenoxy) is 1. The third kappa shape index (κ3) is 4.33. The Morgan fingerprint density at radius 3 is 2.67 bits per heavy atom. The second kappa shape index (κ2) is 9.05. The van der Waals surface area contributed by atoms with Crippen molar-refractivity contribution < 1.29 is 13.3 Å². The van der Waals surface area contributed by atoms with Gasteiger partial charge in [0.1, 0.15) is 17.9 Å². The van der Waals surface area contributed by atoms with E-state index in [4.69, 9.17) is 4.74 Å². The molecule has 164 valence electrons. The van der Waals surface area contributed by atoms with Gasteiger partial charge in [0.25, 0.3) is 0 Å². The molecule has 0 amide bonds. The highest BCUT2D eigenvalue weighted by Crippen LogP contribution is 2.37. The van der Waals surface area contributed by atoms with E-state index in [1.807, 2.05) is 42.5 Å². The van der Waals surface area contributed by atoms with Crippen molar-refractivity contribution in [2.45, 2.75) is 4.90 Å². The number of methoxy groups -OCH3 is 1. The molecule has 5 rings (SSSR count). The first-order chi connectivity index (χ1) is 16.1. The largest absolute Gasteiger partial charge is 0.496 e. The molecule has 1 N–H and O–H groups in total. The van der Waals surface area contributed by atoms with Crippen LogP contribution in [0.5, 0.6) is 5.75 Å². The van der Waals surface area contributed by atoms with Crippen molar-refractivity contribution in [2.24, 2.45) is 0 Å². The topological polar surface area (TPSA) is 77.0 Å². The summed E-state index contributed by atoms with van der Waals surface area (Å²) in [5.41, 5.74) is 3.16. The van der Waals surface area contributed by atoms with E-state index in [1.165, 1.54) is 18.5 Å². The smallest absolute Gasteiger partial charge is 0.214 e. The van der Waals surface area contributed by atoms with Crippen LogP contribution < -0.4 is 9.46 Å². The molecule has 0 aliphatic rings. The van der Waals surface area contributed by atoms with E-state index in [-0.39, 0.29) is 5.82 Å². The molecule has 0 saturated carbocycles. The SMILES string of the molecule is COc1cc(-c2cccc(F)c2)ccc1-c1nccc2cc(S(=O)Nc3ncns3)ccc12. The molecule has 5 aromatic rings. The normalized spacial score (nSPS) is 11.9. The van der Waals surface area contributed by atoms with E-state index in [9.17, 15) is 8.60 Å². The zero-order valence-electron chi connectivity index (χ0n) is 17.4. The Morgan fingerprint density at radius 1 is 1.00 bits per heavy atom. The highest BCUT2D eigenvalue weighted by Gasteiger charge is 2.14. The van der Waals surface area contributed by atoms with Crippen LogP contribution in [0.2, 0.25) is 0 Å². The number of nitrogens with one attached hydrogen (secondary N) is 1. The van der Waals surface area contributed by atoms with Crippen LogP contribution in [0.1, 0.15) is 0 Å². The molecule has 2 heterocycles. The van der Waals surface area contributed by atoms with Gasteiger partial charge in [-0.25, -0.2) is 13.6 Å². The summed E-state index contributed by atoms with van der Waals surface area (Å²) in [5, 5.41) is 2.28. The molecule has 0 aliphatic carbocycles. The maximum Gasteiger partial charge on any atom is 0.214 e. The zero-order chi connectivity index (χ0) is 22.8. The minimum absolute atomic E-state index is 0.292. The van der Waals surface area contributed by atoms with Gasteiger partial charge in [-0.2, -0.15) is 4.37 Å². The minimum Gasteiger partial charge on any atom is -0.496 e. The summed E-state index contributed by atoms with van der Waals surface area (Å²) in [4.78, 5) is 9.21. The van der Waals surface area contributed by atoms with E-state index in [0.717, 1.165) is 44.7 Å².